The van der Waals surface area contributed by atoms with Crippen LogP contribution in [0.15, 0.2) is 62.6 Å². The molecule has 7 nitrogen and oxygen atoms in total. The van der Waals surface area contributed by atoms with Crippen molar-refractivity contribution in [3.8, 4) is 0 Å². The van der Waals surface area contributed by atoms with E-state index in [0.29, 0.717) is 30.0 Å². The minimum Gasteiger partial charge on any atom is -0.468 e. The Labute approximate surface area is 192 Å². The molecule has 1 aliphatic rings. The lowest BCUT2D eigenvalue weighted by molar-refractivity contribution is -0.144. The fraction of sp³-hybridized carbons (Fsp3) is 0.304. The third kappa shape index (κ3) is 4.58. The molecule has 0 aliphatic carbocycles. The zero-order valence-corrected chi connectivity index (χ0v) is 18.8. The molecule has 2 aromatic carbocycles. The summed E-state index contributed by atoms with van der Waals surface area (Å²) in [5.74, 6) is -0.608. The number of halogens is 3. The molecule has 180 valence electrons. The number of hydrogen-bond acceptors (Lipinski definition) is 6. The van der Waals surface area contributed by atoms with Crippen molar-refractivity contribution in [2.75, 3.05) is 13.7 Å². The van der Waals surface area contributed by atoms with Crippen LogP contribution < -0.4 is 5.63 Å². The molecule has 0 saturated carbocycles. The van der Waals surface area contributed by atoms with Crippen molar-refractivity contribution < 1.29 is 35.5 Å². The average molecular weight is 495 g/mol. The zero-order valence-electron chi connectivity index (χ0n) is 18.0. The molecular formula is C23H20F3NO6S. The predicted molar refractivity (Wildman–Crippen MR) is 116 cm³/mol. The lowest BCUT2D eigenvalue weighted by Crippen LogP contribution is -2.41. The lowest BCUT2D eigenvalue weighted by atomic mass is 10.0. The maximum Gasteiger partial charge on any atom is 0.417 e. The summed E-state index contributed by atoms with van der Waals surface area (Å²) in [6.45, 7) is 0.207. The lowest BCUT2D eigenvalue weighted by Gasteiger charge is -2.22. The fourth-order valence-electron chi connectivity index (χ4n) is 4.10. The van der Waals surface area contributed by atoms with E-state index in [9.17, 15) is 31.2 Å². The van der Waals surface area contributed by atoms with Crippen molar-refractivity contribution in [1.29, 1.82) is 0 Å². The minimum absolute atomic E-state index is 0.00620. The Morgan fingerprint density at radius 1 is 1.12 bits per heavy atom. The van der Waals surface area contributed by atoms with E-state index < -0.39 is 39.4 Å². The Balaban J connectivity index is 1.60. The van der Waals surface area contributed by atoms with Gasteiger partial charge in [-0.05, 0) is 54.7 Å². The number of sulfonamides is 1. The van der Waals surface area contributed by atoms with Gasteiger partial charge < -0.3 is 9.15 Å². The van der Waals surface area contributed by atoms with Gasteiger partial charge >= 0.3 is 17.8 Å². The molecule has 11 heteroatoms. The molecule has 0 spiro atoms. The molecule has 0 amide bonds. The van der Waals surface area contributed by atoms with Crippen molar-refractivity contribution in [2.24, 2.45) is 0 Å². The van der Waals surface area contributed by atoms with E-state index in [4.69, 9.17) is 9.15 Å². The Morgan fingerprint density at radius 3 is 2.44 bits per heavy atom. The molecule has 4 rings (SSSR count). The van der Waals surface area contributed by atoms with E-state index in [1.807, 2.05) is 0 Å². The van der Waals surface area contributed by atoms with Crippen LogP contribution in [-0.4, -0.2) is 38.4 Å². The van der Waals surface area contributed by atoms with E-state index in [1.54, 1.807) is 18.2 Å². The second kappa shape index (κ2) is 8.88. The van der Waals surface area contributed by atoms with Gasteiger partial charge in [0.25, 0.3) is 0 Å². The number of hydrogen-bond donors (Lipinski definition) is 0. The molecule has 1 aliphatic heterocycles. The molecule has 0 N–H and O–H groups in total. The molecule has 0 radical (unpaired) electrons. The second-order valence-corrected chi connectivity index (χ2v) is 9.82. The van der Waals surface area contributed by atoms with Gasteiger partial charge in [0.1, 0.15) is 11.6 Å². The molecule has 1 fully saturated rings. The molecule has 1 aromatic heterocycles. The summed E-state index contributed by atoms with van der Waals surface area (Å²) in [6.07, 6.45) is -3.58. The van der Waals surface area contributed by atoms with Gasteiger partial charge in [-0.15, -0.1) is 0 Å². The van der Waals surface area contributed by atoms with Crippen LogP contribution in [0.3, 0.4) is 0 Å². The SMILES string of the molecule is COC(=O)[C@H]1CCCN1S(=O)(=O)c1ccc(Cc2ccc3oc(=O)cc(C(F)(F)F)c3c2)cc1. The summed E-state index contributed by atoms with van der Waals surface area (Å²) in [7, 11) is -2.72. The first-order valence-electron chi connectivity index (χ1n) is 10.3. The highest BCUT2D eigenvalue weighted by Gasteiger charge is 2.40. The van der Waals surface area contributed by atoms with Crippen molar-refractivity contribution in [3.63, 3.8) is 0 Å². The molecule has 0 bridgehead atoms. The number of ether oxygens (including phenoxy) is 1. The van der Waals surface area contributed by atoms with Crippen LogP contribution in [0.1, 0.15) is 29.5 Å². The van der Waals surface area contributed by atoms with Gasteiger partial charge in [0.2, 0.25) is 10.0 Å². The number of fused-ring (bicyclic) bond motifs is 1. The van der Waals surface area contributed by atoms with Crippen LogP contribution in [-0.2, 0) is 32.2 Å². The minimum atomic E-state index is -4.72. The first-order chi connectivity index (χ1) is 16.0. The topological polar surface area (TPSA) is 93.9 Å². The largest absolute Gasteiger partial charge is 0.468 e. The molecule has 0 unspecified atom stereocenters. The van der Waals surface area contributed by atoms with E-state index in [0.717, 1.165) is 4.31 Å². The third-order valence-corrected chi connectivity index (χ3v) is 7.65. The first kappa shape index (κ1) is 24.0. The summed E-state index contributed by atoms with van der Waals surface area (Å²) >= 11 is 0. The van der Waals surface area contributed by atoms with Gasteiger partial charge in [-0.2, -0.15) is 17.5 Å². The number of rotatable bonds is 5. The highest BCUT2D eigenvalue weighted by Crippen LogP contribution is 2.34. The Bertz CT molecular complexity index is 1400. The molecule has 3 aromatic rings. The molecule has 2 heterocycles. The quantitative estimate of drug-likeness (QED) is 0.396. The maximum atomic E-state index is 13.4. The second-order valence-electron chi connectivity index (χ2n) is 7.93. The number of methoxy groups -OCH3 is 1. The molecule has 1 atom stereocenters. The maximum absolute atomic E-state index is 13.4. The number of nitrogens with zero attached hydrogens (tertiary/aromatic N) is 1. The highest BCUT2D eigenvalue weighted by molar-refractivity contribution is 7.89. The van der Waals surface area contributed by atoms with Crippen LogP contribution >= 0.6 is 0 Å². The van der Waals surface area contributed by atoms with Crippen molar-refractivity contribution in [1.82, 2.24) is 4.31 Å². The smallest absolute Gasteiger partial charge is 0.417 e. The van der Waals surface area contributed by atoms with Crippen LogP contribution in [0.4, 0.5) is 13.2 Å². The van der Waals surface area contributed by atoms with Crippen molar-refractivity contribution >= 4 is 27.0 Å². The summed E-state index contributed by atoms with van der Waals surface area (Å²) in [5.41, 5.74) is -1.15. The van der Waals surface area contributed by atoms with Crippen molar-refractivity contribution in [2.45, 2.75) is 36.4 Å². The third-order valence-electron chi connectivity index (χ3n) is 5.73. The number of carbonyl (C=O) groups excluding carboxylic acids is 1. The predicted octanol–water partition coefficient (Wildman–Crippen LogP) is 3.73. The van der Waals surface area contributed by atoms with Crippen LogP contribution in [0.2, 0.25) is 0 Å². The number of esters is 1. The van der Waals surface area contributed by atoms with Gasteiger partial charge in [0.05, 0.1) is 17.6 Å². The molecule has 34 heavy (non-hydrogen) atoms. The zero-order chi connectivity index (χ0) is 24.7. The molecular weight excluding hydrogens is 475 g/mol. The Hall–Kier alpha value is -3.18. The summed E-state index contributed by atoms with van der Waals surface area (Å²) in [4.78, 5) is 23.4. The number of benzene rings is 2. The monoisotopic (exact) mass is 495 g/mol. The van der Waals surface area contributed by atoms with Gasteiger partial charge in [-0.3, -0.25) is 4.79 Å². The summed E-state index contributed by atoms with van der Waals surface area (Å²) in [5, 5.41) is -0.230. The van der Waals surface area contributed by atoms with E-state index in [-0.39, 0.29) is 28.8 Å². The average Bonchev–Trinajstić information content (AvgIpc) is 3.29. The number of alkyl halides is 3. The van der Waals surface area contributed by atoms with Crippen LogP contribution in [0.5, 0.6) is 0 Å². The molecule has 1 saturated heterocycles. The van der Waals surface area contributed by atoms with Gasteiger partial charge in [-0.1, -0.05) is 18.2 Å². The van der Waals surface area contributed by atoms with Crippen LogP contribution in [0, 0.1) is 0 Å². The van der Waals surface area contributed by atoms with E-state index in [1.165, 1.54) is 31.4 Å². The Morgan fingerprint density at radius 2 is 1.79 bits per heavy atom. The standard InChI is InChI=1S/C23H20F3NO6S/c1-32-22(29)19-3-2-10-27(19)34(30,31)16-7-4-14(5-8-16)11-15-6-9-20-17(12-15)18(23(24,25)26)13-21(28)33-20/h4-9,12-13,19H,2-3,10-11H2,1H3/t19-/m1/s1. The number of carbonyl (C=O) groups is 1. The van der Waals surface area contributed by atoms with E-state index >= 15 is 0 Å². The van der Waals surface area contributed by atoms with Crippen molar-refractivity contribution in [3.05, 3.63) is 75.6 Å². The van der Waals surface area contributed by atoms with Gasteiger partial charge in [0, 0.05) is 18.0 Å². The normalized spacial score (nSPS) is 17.2. The van der Waals surface area contributed by atoms with Crippen LogP contribution in [0.25, 0.3) is 11.0 Å². The van der Waals surface area contributed by atoms with E-state index in [2.05, 4.69) is 0 Å². The Kier molecular flexibility index (Phi) is 6.26. The first-order valence-corrected chi connectivity index (χ1v) is 11.8. The summed E-state index contributed by atoms with van der Waals surface area (Å²) in [6, 6.07) is 9.64. The van der Waals surface area contributed by atoms with Gasteiger partial charge in [-0.25, -0.2) is 13.2 Å². The highest BCUT2D eigenvalue weighted by atomic mass is 32.2. The summed E-state index contributed by atoms with van der Waals surface area (Å²) < 4.78 is 76.9. The fourth-order valence-corrected chi connectivity index (χ4v) is 5.75. The van der Waals surface area contributed by atoms with Gasteiger partial charge in [0.15, 0.2) is 0 Å².